The second kappa shape index (κ2) is 5.78. The van der Waals surface area contributed by atoms with Gasteiger partial charge < -0.3 is 15.4 Å². The molecule has 0 aliphatic carbocycles. The van der Waals surface area contributed by atoms with Crippen molar-refractivity contribution >= 4 is 11.6 Å². The van der Waals surface area contributed by atoms with E-state index >= 15 is 0 Å². The quantitative estimate of drug-likeness (QED) is 0.879. The van der Waals surface area contributed by atoms with Crippen LogP contribution in [0.25, 0.3) is 0 Å². The summed E-state index contributed by atoms with van der Waals surface area (Å²) in [6.45, 7) is 4.99. The predicted octanol–water partition coefficient (Wildman–Crippen LogP) is 2.49. The monoisotopic (exact) mass is 288 g/mol. The van der Waals surface area contributed by atoms with Crippen LogP contribution in [-0.2, 0) is 16.0 Å². The Bertz CT molecular complexity index is 527. The Balaban J connectivity index is 1.66. The van der Waals surface area contributed by atoms with E-state index in [1.165, 1.54) is 5.56 Å². The molecule has 3 rings (SSSR count). The third-order valence-corrected chi connectivity index (χ3v) is 4.43. The van der Waals surface area contributed by atoms with Crippen LogP contribution in [0.4, 0.5) is 5.69 Å². The van der Waals surface area contributed by atoms with Crippen molar-refractivity contribution in [2.45, 2.75) is 57.2 Å². The van der Waals surface area contributed by atoms with Crippen molar-refractivity contribution in [3.8, 4) is 0 Å². The first-order valence-corrected chi connectivity index (χ1v) is 7.82. The average molecular weight is 288 g/mol. The summed E-state index contributed by atoms with van der Waals surface area (Å²) in [5, 5.41) is 6.60. The fourth-order valence-corrected chi connectivity index (χ4v) is 3.33. The average Bonchev–Trinajstić information content (AvgIpc) is 2.58. The standard InChI is InChI=1S/C17H24N2O2/c1-17(2)11-13(9-10-21-17)18-15-8-7-12-5-3-4-6-14(12)19-16(15)20/h3-6,13,15,18H,7-11H2,1-2H3,(H,19,20). The number of hydrogen-bond donors (Lipinski definition) is 2. The molecule has 4 heteroatoms. The van der Waals surface area contributed by atoms with E-state index in [1.807, 2.05) is 18.2 Å². The topological polar surface area (TPSA) is 50.4 Å². The molecule has 0 saturated carbocycles. The number of aryl methyl sites for hydroxylation is 1. The number of nitrogens with one attached hydrogen (secondary N) is 2. The van der Waals surface area contributed by atoms with Crippen LogP contribution in [0.1, 0.15) is 38.7 Å². The molecule has 114 valence electrons. The summed E-state index contributed by atoms with van der Waals surface area (Å²) >= 11 is 0. The van der Waals surface area contributed by atoms with Gasteiger partial charge in [-0.15, -0.1) is 0 Å². The lowest BCUT2D eigenvalue weighted by Crippen LogP contribution is -2.50. The number of carbonyl (C=O) groups excluding carboxylic acids is 1. The fourth-order valence-electron chi connectivity index (χ4n) is 3.33. The minimum atomic E-state index is -0.115. The highest BCUT2D eigenvalue weighted by Crippen LogP contribution is 2.26. The summed E-state index contributed by atoms with van der Waals surface area (Å²) in [5.41, 5.74) is 2.08. The van der Waals surface area contributed by atoms with Crippen LogP contribution in [0, 0.1) is 0 Å². The van der Waals surface area contributed by atoms with Crippen LogP contribution in [0.15, 0.2) is 24.3 Å². The van der Waals surface area contributed by atoms with E-state index in [2.05, 4.69) is 30.5 Å². The lowest BCUT2D eigenvalue weighted by Gasteiger charge is -2.37. The maximum atomic E-state index is 12.4. The van der Waals surface area contributed by atoms with Crippen LogP contribution >= 0.6 is 0 Å². The van der Waals surface area contributed by atoms with Crippen molar-refractivity contribution in [1.82, 2.24) is 5.32 Å². The predicted molar refractivity (Wildman–Crippen MR) is 83.4 cm³/mol. The third kappa shape index (κ3) is 3.44. The fraction of sp³-hybridized carbons (Fsp3) is 0.588. The molecule has 2 aliphatic rings. The van der Waals surface area contributed by atoms with Gasteiger partial charge >= 0.3 is 0 Å². The molecule has 1 amide bonds. The zero-order valence-electron chi connectivity index (χ0n) is 12.8. The van der Waals surface area contributed by atoms with Crippen molar-refractivity contribution in [3.05, 3.63) is 29.8 Å². The molecule has 1 aromatic rings. The van der Waals surface area contributed by atoms with Gasteiger partial charge in [-0.25, -0.2) is 0 Å². The van der Waals surface area contributed by atoms with Gasteiger partial charge in [-0.3, -0.25) is 4.79 Å². The van der Waals surface area contributed by atoms with Crippen LogP contribution in [0.3, 0.4) is 0 Å². The second-order valence-electron chi connectivity index (χ2n) is 6.70. The van der Waals surface area contributed by atoms with Crippen molar-refractivity contribution in [2.24, 2.45) is 0 Å². The van der Waals surface area contributed by atoms with Gasteiger partial charge in [0.15, 0.2) is 0 Å². The highest BCUT2D eigenvalue weighted by atomic mass is 16.5. The number of ether oxygens (including phenoxy) is 1. The summed E-state index contributed by atoms with van der Waals surface area (Å²) in [6, 6.07) is 8.30. The van der Waals surface area contributed by atoms with Gasteiger partial charge in [0.05, 0.1) is 11.6 Å². The van der Waals surface area contributed by atoms with E-state index in [4.69, 9.17) is 4.74 Å². The van der Waals surface area contributed by atoms with Crippen LogP contribution < -0.4 is 10.6 Å². The molecule has 4 nitrogen and oxygen atoms in total. The summed E-state index contributed by atoms with van der Waals surface area (Å²) in [6.07, 6.45) is 3.70. The minimum Gasteiger partial charge on any atom is -0.375 e. The number of amides is 1. The van der Waals surface area contributed by atoms with Gasteiger partial charge in [0.25, 0.3) is 0 Å². The Labute approximate surface area is 126 Å². The van der Waals surface area contributed by atoms with Gasteiger partial charge in [-0.05, 0) is 51.2 Å². The second-order valence-corrected chi connectivity index (χ2v) is 6.70. The molecule has 2 aliphatic heterocycles. The third-order valence-electron chi connectivity index (χ3n) is 4.43. The number of anilines is 1. The number of hydrogen-bond acceptors (Lipinski definition) is 3. The first-order chi connectivity index (χ1) is 10.0. The smallest absolute Gasteiger partial charge is 0.241 e. The molecular formula is C17H24N2O2. The summed E-state index contributed by atoms with van der Waals surface area (Å²) < 4.78 is 5.75. The normalized spacial score (nSPS) is 28.4. The number of para-hydroxylation sites is 1. The SMILES string of the molecule is CC1(C)CC(NC2CCc3ccccc3NC2=O)CCO1. The van der Waals surface area contributed by atoms with E-state index in [-0.39, 0.29) is 17.6 Å². The number of benzene rings is 1. The van der Waals surface area contributed by atoms with Crippen molar-refractivity contribution < 1.29 is 9.53 Å². The maximum Gasteiger partial charge on any atom is 0.241 e. The maximum absolute atomic E-state index is 12.4. The lowest BCUT2D eigenvalue weighted by atomic mass is 9.93. The minimum absolute atomic E-state index is 0.0873. The molecule has 1 aromatic carbocycles. The van der Waals surface area contributed by atoms with Crippen molar-refractivity contribution in [2.75, 3.05) is 11.9 Å². The number of carbonyl (C=O) groups is 1. The van der Waals surface area contributed by atoms with E-state index < -0.39 is 0 Å². The first-order valence-electron chi connectivity index (χ1n) is 7.82. The van der Waals surface area contributed by atoms with Crippen LogP contribution in [0.2, 0.25) is 0 Å². The van der Waals surface area contributed by atoms with E-state index in [1.54, 1.807) is 0 Å². The molecule has 1 fully saturated rings. The molecule has 0 bridgehead atoms. The Morgan fingerprint density at radius 1 is 1.29 bits per heavy atom. The lowest BCUT2D eigenvalue weighted by molar-refractivity contribution is -0.119. The zero-order chi connectivity index (χ0) is 14.9. The highest BCUT2D eigenvalue weighted by Gasteiger charge is 2.32. The van der Waals surface area contributed by atoms with Crippen LogP contribution in [0.5, 0.6) is 0 Å². The molecule has 0 radical (unpaired) electrons. The first kappa shape index (κ1) is 14.5. The summed E-state index contributed by atoms with van der Waals surface area (Å²) in [4.78, 5) is 12.4. The van der Waals surface area contributed by atoms with Gasteiger partial charge in [0, 0.05) is 18.3 Å². The Morgan fingerprint density at radius 2 is 2.10 bits per heavy atom. The number of fused-ring (bicyclic) bond motifs is 1. The molecule has 1 saturated heterocycles. The largest absolute Gasteiger partial charge is 0.375 e. The molecular weight excluding hydrogens is 264 g/mol. The molecule has 0 spiro atoms. The molecule has 21 heavy (non-hydrogen) atoms. The molecule has 0 aromatic heterocycles. The van der Waals surface area contributed by atoms with E-state index in [0.29, 0.717) is 6.04 Å². The van der Waals surface area contributed by atoms with Gasteiger partial charge in [-0.1, -0.05) is 18.2 Å². The molecule has 2 heterocycles. The van der Waals surface area contributed by atoms with Crippen molar-refractivity contribution in [3.63, 3.8) is 0 Å². The highest BCUT2D eigenvalue weighted by molar-refractivity contribution is 5.96. The van der Waals surface area contributed by atoms with E-state index in [9.17, 15) is 4.79 Å². The van der Waals surface area contributed by atoms with Gasteiger partial charge in [-0.2, -0.15) is 0 Å². The Kier molecular flexibility index (Phi) is 4.00. The van der Waals surface area contributed by atoms with Gasteiger partial charge in [0.2, 0.25) is 5.91 Å². The molecule has 2 N–H and O–H groups in total. The Hall–Kier alpha value is -1.39. The summed E-state index contributed by atoms with van der Waals surface area (Å²) in [5.74, 6) is 0.0873. The van der Waals surface area contributed by atoms with Crippen molar-refractivity contribution in [1.29, 1.82) is 0 Å². The van der Waals surface area contributed by atoms with Gasteiger partial charge in [0.1, 0.15) is 0 Å². The summed E-state index contributed by atoms with van der Waals surface area (Å²) in [7, 11) is 0. The zero-order valence-corrected chi connectivity index (χ0v) is 12.8. The van der Waals surface area contributed by atoms with Crippen LogP contribution in [-0.4, -0.2) is 30.2 Å². The Morgan fingerprint density at radius 3 is 2.90 bits per heavy atom. The molecule has 2 atom stereocenters. The van der Waals surface area contributed by atoms with E-state index in [0.717, 1.165) is 38.0 Å². The number of rotatable bonds is 2. The molecule has 2 unspecified atom stereocenters.